The molecule has 1 atom stereocenters. The number of nitrogens with one attached hydrogen (secondary N) is 1. The zero-order chi connectivity index (χ0) is 11.9. The first-order valence-corrected chi connectivity index (χ1v) is 7.66. The first kappa shape index (κ1) is 14.1. The van der Waals surface area contributed by atoms with Crippen molar-refractivity contribution >= 4 is 8.80 Å². The van der Waals surface area contributed by atoms with E-state index in [-0.39, 0.29) is 0 Å². The third-order valence-electron chi connectivity index (χ3n) is 2.97. The van der Waals surface area contributed by atoms with E-state index in [4.69, 9.17) is 18.0 Å². The van der Waals surface area contributed by atoms with Crippen LogP contribution in [0, 0.1) is 0 Å². The minimum absolute atomic E-state index is 0.464. The van der Waals surface area contributed by atoms with Crippen molar-refractivity contribution in [3.05, 3.63) is 0 Å². The van der Waals surface area contributed by atoms with Gasteiger partial charge in [-0.15, -0.1) is 0 Å². The van der Waals surface area contributed by atoms with Crippen LogP contribution in [0.4, 0.5) is 0 Å². The lowest BCUT2D eigenvalue weighted by Crippen LogP contribution is -2.44. The number of hydrogen-bond donors (Lipinski definition) is 1. The van der Waals surface area contributed by atoms with Crippen molar-refractivity contribution in [3.63, 3.8) is 0 Å². The van der Waals surface area contributed by atoms with Crippen molar-refractivity contribution in [1.82, 2.24) is 5.32 Å². The van der Waals surface area contributed by atoms with E-state index < -0.39 is 8.80 Å². The maximum atomic E-state index is 5.40. The molecule has 0 aromatic heterocycles. The Labute approximate surface area is 98.8 Å². The summed E-state index contributed by atoms with van der Waals surface area (Å²) in [4.78, 5) is 0. The quantitative estimate of drug-likeness (QED) is 0.671. The third-order valence-corrected chi connectivity index (χ3v) is 5.80. The minimum Gasteiger partial charge on any atom is -0.379 e. The third kappa shape index (κ3) is 4.12. The summed E-state index contributed by atoms with van der Waals surface area (Å²) in [5, 5.41) is 3.43. The molecule has 1 aliphatic rings. The Hall–Kier alpha value is 0.0169. The molecule has 1 unspecified atom stereocenters. The van der Waals surface area contributed by atoms with Crippen molar-refractivity contribution < 1.29 is 18.0 Å². The number of hydrogen-bond acceptors (Lipinski definition) is 5. The Kier molecular flexibility index (Phi) is 6.48. The second-order valence-corrected chi connectivity index (χ2v) is 7.00. The van der Waals surface area contributed by atoms with Crippen molar-refractivity contribution in [2.75, 3.05) is 41.1 Å². The van der Waals surface area contributed by atoms with Gasteiger partial charge in [0.2, 0.25) is 0 Å². The molecule has 0 aliphatic carbocycles. The summed E-state index contributed by atoms with van der Waals surface area (Å²) in [6.45, 7) is 2.58. The molecule has 0 amide bonds. The molecule has 0 saturated carbocycles. The Balaban J connectivity index is 2.21. The van der Waals surface area contributed by atoms with Gasteiger partial charge in [-0.05, 0) is 12.8 Å². The highest BCUT2D eigenvalue weighted by Gasteiger charge is 2.37. The summed E-state index contributed by atoms with van der Waals surface area (Å²) in [5.41, 5.74) is 0. The van der Waals surface area contributed by atoms with E-state index in [1.165, 1.54) is 0 Å². The highest BCUT2D eigenvalue weighted by molar-refractivity contribution is 6.60. The second kappa shape index (κ2) is 7.36. The molecule has 0 aromatic rings. The Morgan fingerprint density at radius 1 is 1.25 bits per heavy atom. The molecule has 1 heterocycles. The highest BCUT2D eigenvalue weighted by atomic mass is 28.4. The van der Waals surface area contributed by atoms with Crippen LogP contribution in [-0.2, 0) is 18.0 Å². The predicted octanol–water partition coefficient (Wildman–Crippen LogP) is 0.633. The van der Waals surface area contributed by atoms with Crippen molar-refractivity contribution in [2.45, 2.75) is 24.9 Å². The summed E-state index contributed by atoms with van der Waals surface area (Å²) >= 11 is 0. The molecule has 1 rings (SSSR count). The van der Waals surface area contributed by atoms with Crippen LogP contribution in [0.5, 0.6) is 0 Å². The monoisotopic (exact) mass is 249 g/mol. The lowest BCUT2D eigenvalue weighted by molar-refractivity contribution is 0.0727. The van der Waals surface area contributed by atoms with E-state index in [1.54, 1.807) is 21.3 Å². The Morgan fingerprint density at radius 2 is 1.94 bits per heavy atom. The minimum atomic E-state index is -2.37. The summed E-state index contributed by atoms with van der Waals surface area (Å²) in [6, 6.07) is 1.32. The first-order chi connectivity index (χ1) is 7.76. The molecule has 0 radical (unpaired) electrons. The molecule has 6 heteroatoms. The van der Waals surface area contributed by atoms with Crippen LogP contribution in [-0.4, -0.2) is 55.9 Å². The van der Waals surface area contributed by atoms with Crippen molar-refractivity contribution in [1.29, 1.82) is 0 Å². The van der Waals surface area contributed by atoms with Crippen LogP contribution in [0.3, 0.4) is 0 Å². The topological polar surface area (TPSA) is 49.0 Å². The van der Waals surface area contributed by atoms with Crippen LogP contribution >= 0.6 is 0 Å². The first-order valence-electron chi connectivity index (χ1n) is 5.73. The fourth-order valence-corrected chi connectivity index (χ4v) is 3.68. The molecule has 0 aromatic carbocycles. The van der Waals surface area contributed by atoms with Gasteiger partial charge in [-0.2, -0.15) is 0 Å². The summed E-state index contributed by atoms with van der Waals surface area (Å²) in [6.07, 6.45) is 2.10. The standard InChI is InChI=1S/C10H23NO4Si/c1-12-16(13-2,14-3)8-4-5-10-9-15-7-6-11-10/h10-11H,4-9H2,1-3H3. The fraction of sp³-hybridized carbons (Fsp3) is 1.00. The van der Waals surface area contributed by atoms with E-state index in [9.17, 15) is 0 Å². The zero-order valence-corrected chi connectivity index (χ0v) is 11.5. The molecule has 1 saturated heterocycles. The summed E-state index contributed by atoms with van der Waals surface area (Å²) in [5.74, 6) is 0. The van der Waals surface area contributed by atoms with Crippen LogP contribution < -0.4 is 5.32 Å². The predicted molar refractivity (Wildman–Crippen MR) is 63.4 cm³/mol. The van der Waals surface area contributed by atoms with E-state index >= 15 is 0 Å². The Bertz CT molecular complexity index is 175. The van der Waals surface area contributed by atoms with E-state index in [1.807, 2.05) is 0 Å². The molecular formula is C10H23NO4Si. The second-order valence-electron chi connectivity index (χ2n) is 3.91. The van der Waals surface area contributed by atoms with Gasteiger partial charge in [0.1, 0.15) is 0 Å². The van der Waals surface area contributed by atoms with E-state index in [0.29, 0.717) is 6.04 Å². The van der Waals surface area contributed by atoms with Gasteiger partial charge < -0.3 is 23.3 Å². The van der Waals surface area contributed by atoms with E-state index in [2.05, 4.69) is 5.32 Å². The molecule has 0 bridgehead atoms. The van der Waals surface area contributed by atoms with Crippen molar-refractivity contribution in [3.8, 4) is 0 Å². The van der Waals surface area contributed by atoms with Gasteiger partial charge in [-0.3, -0.25) is 0 Å². The van der Waals surface area contributed by atoms with E-state index in [0.717, 1.165) is 38.6 Å². The SMILES string of the molecule is CO[Si](CCCC1COCCN1)(OC)OC. The van der Waals surface area contributed by atoms with Crippen LogP contribution in [0.15, 0.2) is 0 Å². The lowest BCUT2D eigenvalue weighted by atomic mass is 10.1. The number of ether oxygens (including phenoxy) is 1. The van der Waals surface area contributed by atoms with Crippen molar-refractivity contribution in [2.24, 2.45) is 0 Å². The molecule has 1 N–H and O–H groups in total. The zero-order valence-electron chi connectivity index (χ0n) is 10.5. The fourth-order valence-electron chi connectivity index (χ4n) is 1.93. The van der Waals surface area contributed by atoms with Gasteiger partial charge in [-0.25, -0.2) is 0 Å². The smallest absolute Gasteiger partial charge is 0.379 e. The summed E-state index contributed by atoms with van der Waals surface area (Å²) in [7, 11) is 2.59. The van der Waals surface area contributed by atoms with Crippen LogP contribution in [0.2, 0.25) is 6.04 Å². The van der Waals surface area contributed by atoms with Gasteiger partial charge in [0, 0.05) is 40.0 Å². The molecule has 1 fully saturated rings. The van der Waals surface area contributed by atoms with Gasteiger partial charge >= 0.3 is 8.80 Å². The molecule has 96 valence electrons. The van der Waals surface area contributed by atoms with Gasteiger partial charge in [0.25, 0.3) is 0 Å². The van der Waals surface area contributed by atoms with Crippen LogP contribution in [0.1, 0.15) is 12.8 Å². The average Bonchev–Trinajstić information content (AvgIpc) is 2.37. The molecular weight excluding hydrogens is 226 g/mol. The van der Waals surface area contributed by atoms with Gasteiger partial charge in [-0.1, -0.05) is 0 Å². The maximum Gasteiger partial charge on any atom is 0.500 e. The maximum absolute atomic E-state index is 5.40. The normalized spacial score (nSPS) is 22.3. The van der Waals surface area contributed by atoms with Gasteiger partial charge in [0.15, 0.2) is 0 Å². The lowest BCUT2D eigenvalue weighted by Gasteiger charge is -2.27. The number of morpholine rings is 1. The highest BCUT2D eigenvalue weighted by Crippen LogP contribution is 2.17. The summed E-state index contributed by atoms with van der Waals surface area (Å²) < 4.78 is 21.5. The average molecular weight is 249 g/mol. The Morgan fingerprint density at radius 3 is 2.44 bits per heavy atom. The van der Waals surface area contributed by atoms with Crippen LogP contribution in [0.25, 0.3) is 0 Å². The van der Waals surface area contributed by atoms with Gasteiger partial charge in [0.05, 0.1) is 13.2 Å². The molecule has 5 nitrogen and oxygen atoms in total. The molecule has 16 heavy (non-hydrogen) atoms. The largest absolute Gasteiger partial charge is 0.500 e. The number of rotatable bonds is 7. The molecule has 1 aliphatic heterocycles. The molecule has 0 spiro atoms.